The average molecular weight is 374 g/mol. The van der Waals surface area contributed by atoms with E-state index in [1.807, 2.05) is 0 Å². The van der Waals surface area contributed by atoms with Crippen LogP contribution in [0.5, 0.6) is 0 Å². The Morgan fingerprint density at radius 1 is 1.04 bits per heavy atom. The van der Waals surface area contributed by atoms with Gasteiger partial charge in [0.1, 0.15) is 0 Å². The van der Waals surface area contributed by atoms with Gasteiger partial charge in [0.2, 0.25) is 0 Å². The summed E-state index contributed by atoms with van der Waals surface area (Å²) >= 11 is 0. The van der Waals surface area contributed by atoms with Gasteiger partial charge in [0.05, 0.1) is 11.8 Å². The van der Waals surface area contributed by atoms with Crippen LogP contribution in [0.25, 0.3) is 6.08 Å². The van der Waals surface area contributed by atoms with Crippen LogP contribution in [0.3, 0.4) is 0 Å². The summed E-state index contributed by atoms with van der Waals surface area (Å²) in [5.74, 6) is 0.497. The quantitative estimate of drug-likeness (QED) is 0.669. The van der Waals surface area contributed by atoms with Crippen LogP contribution in [-0.4, -0.2) is 30.4 Å². The van der Waals surface area contributed by atoms with E-state index in [2.05, 4.69) is 84.0 Å². The van der Waals surface area contributed by atoms with Gasteiger partial charge in [-0.15, -0.1) is 0 Å². The number of hydrogen-bond acceptors (Lipinski definition) is 3. The number of fused-ring (bicyclic) bond motifs is 1. The lowest BCUT2D eigenvalue weighted by Gasteiger charge is -2.30. The number of rotatable bonds is 7. The predicted molar refractivity (Wildman–Crippen MR) is 118 cm³/mol. The van der Waals surface area contributed by atoms with E-state index in [9.17, 15) is 0 Å². The highest BCUT2D eigenvalue weighted by atomic mass is 15.5. The largest absolute Gasteiger partial charge is 0.315 e. The van der Waals surface area contributed by atoms with Crippen LogP contribution < -0.4 is 5.32 Å². The maximum absolute atomic E-state index is 5.18. The van der Waals surface area contributed by atoms with Crippen molar-refractivity contribution < 1.29 is 0 Å². The van der Waals surface area contributed by atoms with Crippen LogP contribution in [0, 0.1) is 5.92 Å². The standard InChI is InChI=1S/C25H31N3/c1-2-16-26-17-18-28-25(21-12-7-4-8-13-21)23-15-9-14-22(24(23)27-28)19-20-10-5-3-6-11-20/h3-8,10-13,19,23,25-26H,2,9,14-18H2,1H3. The van der Waals surface area contributed by atoms with E-state index in [1.165, 1.54) is 41.7 Å². The Kier molecular flexibility index (Phi) is 6.23. The van der Waals surface area contributed by atoms with Gasteiger partial charge in [0.25, 0.3) is 0 Å². The minimum atomic E-state index is 0.360. The number of benzene rings is 2. The summed E-state index contributed by atoms with van der Waals surface area (Å²) in [5, 5.41) is 11.1. The highest BCUT2D eigenvalue weighted by Gasteiger charge is 2.40. The molecule has 0 aromatic heterocycles. The summed E-state index contributed by atoms with van der Waals surface area (Å²) in [4.78, 5) is 0. The van der Waals surface area contributed by atoms with E-state index in [0.717, 1.165) is 26.1 Å². The molecule has 2 atom stereocenters. The van der Waals surface area contributed by atoms with Gasteiger partial charge < -0.3 is 5.32 Å². The molecule has 1 aliphatic heterocycles. The molecule has 1 N–H and O–H groups in total. The van der Waals surface area contributed by atoms with Crippen LogP contribution in [-0.2, 0) is 0 Å². The second-order valence-corrected chi connectivity index (χ2v) is 7.83. The molecular weight excluding hydrogens is 342 g/mol. The normalized spacial score (nSPS) is 23.0. The van der Waals surface area contributed by atoms with Crippen molar-refractivity contribution in [1.82, 2.24) is 10.3 Å². The molecule has 2 aromatic carbocycles. The highest BCUT2D eigenvalue weighted by molar-refractivity contribution is 6.07. The van der Waals surface area contributed by atoms with Gasteiger partial charge in [0, 0.05) is 19.0 Å². The molecule has 1 fully saturated rings. The zero-order valence-corrected chi connectivity index (χ0v) is 16.8. The average Bonchev–Trinajstić information content (AvgIpc) is 3.12. The summed E-state index contributed by atoms with van der Waals surface area (Å²) in [6, 6.07) is 22.0. The van der Waals surface area contributed by atoms with Crippen molar-refractivity contribution in [3.63, 3.8) is 0 Å². The molecule has 2 aliphatic rings. The lowest BCUT2D eigenvalue weighted by atomic mass is 9.77. The molecule has 1 saturated carbocycles. The smallest absolute Gasteiger partial charge is 0.0805 e. The van der Waals surface area contributed by atoms with Crippen molar-refractivity contribution in [2.45, 2.75) is 38.6 Å². The van der Waals surface area contributed by atoms with Crippen LogP contribution in [0.15, 0.2) is 71.3 Å². The minimum absolute atomic E-state index is 0.360. The molecule has 4 rings (SSSR count). The third-order valence-electron chi connectivity index (χ3n) is 5.81. The molecule has 0 saturated heterocycles. The Bertz CT molecular complexity index is 810. The second-order valence-electron chi connectivity index (χ2n) is 7.83. The third kappa shape index (κ3) is 4.20. The molecule has 0 spiro atoms. The van der Waals surface area contributed by atoms with Gasteiger partial charge >= 0.3 is 0 Å². The summed E-state index contributed by atoms with van der Waals surface area (Å²) < 4.78 is 0. The fourth-order valence-corrected chi connectivity index (χ4v) is 4.51. The van der Waals surface area contributed by atoms with Gasteiger partial charge in [-0.05, 0) is 55.0 Å². The Labute approximate surface area is 169 Å². The number of allylic oxidation sites excluding steroid dienone is 1. The molecule has 2 aromatic rings. The first kappa shape index (κ1) is 18.9. The van der Waals surface area contributed by atoms with Gasteiger partial charge in [-0.3, -0.25) is 5.01 Å². The molecule has 2 unspecified atom stereocenters. The molecule has 3 heteroatoms. The maximum Gasteiger partial charge on any atom is 0.0805 e. The Morgan fingerprint density at radius 3 is 2.54 bits per heavy atom. The predicted octanol–water partition coefficient (Wildman–Crippen LogP) is 5.28. The molecule has 0 amide bonds. The fourth-order valence-electron chi connectivity index (χ4n) is 4.51. The van der Waals surface area contributed by atoms with Gasteiger partial charge in [0.15, 0.2) is 0 Å². The highest BCUT2D eigenvalue weighted by Crippen LogP contribution is 2.44. The third-order valence-corrected chi connectivity index (χ3v) is 5.81. The molecule has 0 bridgehead atoms. The molecular formula is C25H31N3. The van der Waals surface area contributed by atoms with Crippen molar-refractivity contribution in [1.29, 1.82) is 0 Å². The molecule has 1 aliphatic carbocycles. The number of nitrogens with zero attached hydrogens (tertiary/aromatic N) is 2. The molecule has 146 valence electrons. The lowest BCUT2D eigenvalue weighted by molar-refractivity contribution is 0.197. The van der Waals surface area contributed by atoms with Crippen LogP contribution >= 0.6 is 0 Å². The first-order chi connectivity index (χ1) is 13.9. The lowest BCUT2D eigenvalue weighted by Crippen LogP contribution is -2.32. The first-order valence-electron chi connectivity index (χ1n) is 10.7. The first-order valence-corrected chi connectivity index (χ1v) is 10.7. The van der Waals surface area contributed by atoms with E-state index in [4.69, 9.17) is 5.10 Å². The zero-order valence-electron chi connectivity index (χ0n) is 16.8. The van der Waals surface area contributed by atoms with E-state index in [-0.39, 0.29) is 0 Å². The van der Waals surface area contributed by atoms with Crippen molar-refractivity contribution in [2.75, 3.05) is 19.6 Å². The van der Waals surface area contributed by atoms with E-state index >= 15 is 0 Å². The zero-order chi connectivity index (χ0) is 19.2. The van der Waals surface area contributed by atoms with Crippen LogP contribution in [0.1, 0.15) is 49.8 Å². The van der Waals surface area contributed by atoms with Crippen molar-refractivity contribution >= 4 is 11.8 Å². The van der Waals surface area contributed by atoms with Gasteiger partial charge in [-0.2, -0.15) is 5.10 Å². The number of nitrogens with one attached hydrogen (secondary N) is 1. The Morgan fingerprint density at radius 2 is 1.79 bits per heavy atom. The summed E-state index contributed by atoms with van der Waals surface area (Å²) in [7, 11) is 0. The Hall–Kier alpha value is -2.39. The van der Waals surface area contributed by atoms with Crippen molar-refractivity contribution in [3.05, 3.63) is 77.4 Å². The fraction of sp³-hybridized carbons (Fsp3) is 0.400. The van der Waals surface area contributed by atoms with E-state index < -0.39 is 0 Å². The molecule has 3 nitrogen and oxygen atoms in total. The summed E-state index contributed by atoms with van der Waals surface area (Å²) in [6.07, 6.45) is 7.12. The van der Waals surface area contributed by atoms with Gasteiger partial charge in [-0.1, -0.05) is 67.6 Å². The Balaban J connectivity index is 1.62. The second kappa shape index (κ2) is 9.20. The maximum atomic E-state index is 5.18. The monoisotopic (exact) mass is 373 g/mol. The van der Waals surface area contributed by atoms with Crippen molar-refractivity contribution in [2.24, 2.45) is 11.0 Å². The van der Waals surface area contributed by atoms with E-state index in [1.54, 1.807) is 0 Å². The van der Waals surface area contributed by atoms with Crippen LogP contribution in [0.4, 0.5) is 0 Å². The molecule has 0 radical (unpaired) electrons. The number of hydrazone groups is 1. The summed E-state index contributed by atoms with van der Waals surface area (Å²) in [5.41, 5.74) is 5.41. The SMILES string of the molecule is CCCNCCN1N=C2C(=Cc3ccccc3)CCCC2C1c1ccccc1. The van der Waals surface area contributed by atoms with E-state index in [0.29, 0.717) is 12.0 Å². The minimum Gasteiger partial charge on any atom is -0.315 e. The molecule has 1 heterocycles. The topological polar surface area (TPSA) is 27.6 Å². The summed E-state index contributed by atoms with van der Waals surface area (Å²) in [6.45, 7) is 5.23. The van der Waals surface area contributed by atoms with Gasteiger partial charge in [-0.25, -0.2) is 0 Å². The van der Waals surface area contributed by atoms with Crippen molar-refractivity contribution in [3.8, 4) is 0 Å². The number of hydrogen-bond donors (Lipinski definition) is 1. The molecule has 28 heavy (non-hydrogen) atoms. The van der Waals surface area contributed by atoms with Crippen LogP contribution in [0.2, 0.25) is 0 Å².